The molecule has 1 aliphatic heterocycles. The van der Waals surface area contributed by atoms with Gasteiger partial charge in [0.15, 0.2) is 0 Å². The van der Waals surface area contributed by atoms with Crippen LogP contribution in [0.5, 0.6) is 5.75 Å². The molecule has 1 unspecified atom stereocenters. The molecule has 5 nitrogen and oxygen atoms in total. The standard InChI is InChI=1S/C21H25N3O2/c1-16-14-21-22-19-4-2-3-5-20(19)24(21)11-10-23(16)15-17-6-8-18(9-7-17)26-13-12-25/h2-9,16,25H,10-15H2,1H3. The van der Waals surface area contributed by atoms with E-state index in [9.17, 15) is 0 Å². The van der Waals surface area contributed by atoms with Gasteiger partial charge in [-0.3, -0.25) is 4.90 Å². The van der Waals surface area contributed by atoms with Gasteiger partial charge in [-0.2, -0.15) is 0 Å². The summed E-state index contributed by atoms with van der Waals surface area (Å²) in [7, 11) is 0. The summed E-state index contributed by atoms with van der Waals surface area (Å²) < 4.78 is 7.81. The van der Waals surface area contributed by atoms with Crippen molar-refractivity contribution in [3.8, 4) is 5.75 Å². The third-order valence-corrected chi connectivity index (χ3v) is 5.11. The highest BCUT2D eigenvalue weighted by Gasteiger charge is 2.23. The molecular weight excluding hydrogens is 326 g/mol. The van der Waals surface area contributed by atoms with Crippen molar-refractivity contribution in [2.75, 3.05) is 19.8 Å². The van der Waals surface area contributed by atoms with Gasteiger partial charge in [0.2, 0.25) is 0 Å². The number of aliphatic hydroxyl groups excluding tert-OH is 1. The predicted octanol–water partition coefficient (Wildman–Crippen LogP) is 2.85. The molecule has 5 heteroatoms. The summed E-state index contributed by atoms with van der Waals surface area (Å²) in [4.78, 5) is 7.37. The van der Waals surface area contributed by atoms with Gasteiger partial charge in [-0.1, -0.05) is 24.3 Å². The fourth-order valence-corrected chi connectivity index (χ4v) is 3.70. The SMILES string of the molecule is CC1Cc2nc3ccccc3n2CCN1Cc1ccc(OCCO)cc1. The first-order valence-corrected chi connectivity index (χ1v) is 9.25. The molecule has 1 atom stereocenters. The van der Waals surface area contributed by atoms with Crippen LogP contribution in [0.3, 0.4) is 0 Å². The van der Waals surface area contributed by atoms with Gasteiger partial charge in [0.1, 0.15) is 18.2 Å². The van der Waals surface area contributed by atoms with E-state index >= 15 is 0 Å². The lowest BCUT2D eigenvalue weighted by molar-refractivity contribution is 0.200. The van der Waals surface area contributed by atoms with Crippen LogP contribution >= 0.6 is 0 Å². The zero-order valence-electron chi connectivity index (χ0n) is 15.1. The van der Waals surface area contributed by atoms with Gasteiger partial charge in [0.25, 0.3) is 0 Å². The number of hydrogen-bond acceptors (Lipinski definition) is 4. The summed E-state index contributed by atoms with van der Waals surface area (Å²) in [6.45, 7) is 5.56. The highest BCUT2D eigenvalue weighted by molar-refractivity contribution is 5.75. The first-order chi connectivity index (χ1) is 12.7. The van der Waals surface area contributed by atoms with E-state index in [4.69, 9.17) is 14.8 Å². The Bertz CT molecular complexity index is 873. The van der Waals surface area contributed by atoms with Gasteiger partial charge in [0, 0.05) is 32.1 Å². The van der Waals surface area contributed by atoms with Gasteiger partial charge < -0.3 is 14.4 Å². The van der Waals surface area contributed by atoms with Gasteiger partial charge in [0.05, 0.1) is 17.6 Å². The van der Waals surface area contributed by atoms with Crippen LogP contribution in [-0.4, -0.2) is 45.4 Å². The van der Waals surface area contributed by atoms with E-state index in [1.165, 1.54) is 16.9 Å². The molecule has 0 fully saturated rings. The lowest BCUT2D eigenvalue weighted by Gasteiger charge is -2.26. The minimum absolute atomic E-state index is 0.0383. The Hall–Kier alpha value is -2.37. The van der Waals surface area contributed by atoms with E-state index in [0.717, 1.165) is 37.3 Å². The van der Waals surface area contributed by atoms with Crippen LogP contribution in [0.1, 0.15) is 18.3 Å². The smallest absolute Gasteiger partial charge is 0.119 e. The Labute approximate surface area is 153 Å². The minimum Gasteiger partial charge on any atom is -0.491 e. The molecule has 0 amide bonds. The molecular formula is C21H25N3O2. The Kier molecular flexibility index (Phi) is 4.91. The summed E-state index contributed by atoms with van der Waals surface area (Å²) in [5.41, 5.74) is 3.61. The lowest BCUT2D eigenvalue weighted by Crippen LogP contribution is -2.34. The number of aromatic nitrogens is 2. The van der Waals surface area contributed by atoms with Crippen LogP contribution in [0.15, 0.2) is 48.5 Å². The van der Waals surface area contributed by atoms with Crippen LogP contribution in [0.2, 0.25) is 0 Å². The van der Waals surface area contributed by atoms with Crippen LogP contribution in [0.25, 0.3) is 11.0 Å². The number of para-hydroxylation sites is 2. The lowest BCUT2D eigenvalue weighted by atomic mass is 10.1. The molecule has 1 N–H and O–H groups in total. The van der Waals surface area contributed by atoms with Gasteiger partial charge in [-0.15, -0.1) is 0 Å². The van der Waals surface area contributed by atoms with E-state index in [2.05, 4.69) is 52.8 Å². The van der Waals surface area contributed by atoms with E-state index in [-0.39, 0.29) is 6.61 Å². The van der Waals surface area contributed by atoms with Crippen molar-refractivity contribution in [3.05, 3.63) is 59.9 Å². The second-order valence-corrected chi connectivity index (χ2v) is 6.91. The molecule has 1 aromatic heterocycles. The predicted molar refractivity (Wildman–Crippen MR) is 102 cm³/mol. The maximum Gasteiger partial charge on any atom is 0.119 e. The monoisotopic (exact) mass is 351 g/mol. The van der Waals surface area contributed by atoms with Crippen LogP contribution in [-0.2, 0) is 19.5 Å². The molecule has 1 aliphatic rings. The third-order valence-electron chi connectivity index (χ3n) is 5.11. The Morgan fingerprint density at radius 2 is 1.92 bits per heavy atom. The summed E-state index contributed by atoms with van der Waals surface area (Å²) in [6, 6.07) is 17.0. The zero-order valence-corrected chi connectivity index (χ0v) is 15.1. The summed E-state index contributed by atoms with van der Waals surface area (Å²) in [5, 5.41) is 8.84. The molecule has 136 valence electrons. The number of benzene rings is 2. The number of imidazole rings is 1. The molecule has 2 aromatic carbocycles. The van der Waals surface area contributed by atoms with Crippen molar-refractivity contribution >= 4 is 11.0 Å². The number of ether oxygens (including phenoxy) is 1. The van der Waals surface area contributed by atoms with Gasteiger partial charge in [-0.05, 0) is 36.8 Å². The number of aliphatic hydroxyl groups is 1. The fraction of sp³-hybridized carbons (Fsp3) is 0.381. The van der Waals surface area contributed by atoms with Crippen LogP contribution < -0.4 is 4.74 Å². The highest BCUT2D eigenvalue weighted by Crippen LogP contribution is 2.23. The molecule has 0 bridgehead atoms. The zero-order chi connectivity index (χ0) is 17.9. The molecule has 4 rings (SSSR count). The maximum absolute atomic E-state index is 8.84. The minimum atomic E-state index is 0.0383. The molecule has 0 saturated carbocycles. The summed E-state index contributed by atoms with van der Waals surface area (Å²) in [6.07, 6.45) is 0.965. The number of nitrogens with zero attached hydrogens (tertiary/aromatic N) is 3. The van der Waals surface area contributed by atoms with Crippen LogP contribution in [0, 0.1) is 0 Å². The first kappa shape index (κ1) is 17.1. The van der Waals surface area contributed by atoms with Crippen molar-refractivity contribution in [1.82, 2.24) is 14.5 Å². The van der Waals surface area contributed by atoms with Crippen LogP contribution in [0.4, 0.5) is 0 Å². The topological polar surface area (TPSA) is 50.5 Å². The Morgan fingerprint density at radius 3 is 2.73 bits per heavy atom. The van der Waals surface area contributed by atoms with Crippen molar-refractivity contribution in [3.63, 3.8) is 0 Å². The van der Waals surface area contributed by atoms with Crippen molar-refractivity contribution in [2.45, 2.75) is 32.5 Å². The fourth-order valence-electron chi connectivity index (χ4n) is 3.70. The summed E-state index contributed by atoms with van der Waals surface area (Å²) >= 11 is 0. The van der Waals surface area contributed by atoms with E-state index in [0.29, 0.717) is 12.6 Å². The molecule has 3 aromatic rings. The largest absolute Gasteiger partial charge is 0.491 e. The van der Waals surface area contributed by atoms with E-state index in [1.807, 2.05) is 12.1 Å². The van der Waals surface area contributed by atoms with Gasteiger partial charge in [-0.25, -0.2) is 4.98 Å². The average Bonchev–Trinajstić information content (AvgIpc) is 2.93. The number of fused-ring (bicyclic) bond motifs is 3. The van der Waals surface area contributed by atoms with E-state index in [1.54, 1.807) is 0 Å². The average molecular weight is 351 g/mol. The normalized spacial score (nSPS) is 17.8. The summed E-state index contributed by atoms with van der Waals surface area (Å²) in [5.74, 6) is 1.99. The third kappa shape index (κ3) is 3.45. The van der Waals surface area contributed by atoms with Crippen molar-refractivity contribution < 1.29 is 9.84 Å². The van der Waals surface area contributed by atoms with Crippen molar-refractivity contribution in [1.29, 1.82) is 0 Å². The number of rotatable bonds is 5. The molecule has 26 heavy (non-hydrogen) atoms. The molecule has 0 radical (unpaired) electrons. The quantitative estimate of drug-likeness (QED) is 0.768. The second-order valence-electron chi connectivity index (χ2n) is 6.91. The Balaban J connectivity index is 1.47. The van der Waals surface area contributed by atoms with Gasteiger partial charge >= 0.3 is 0 Å². The molecule has 0 saturated heterocycles. The molecule has 0 aliphatic carbocycles. The highest BCUT2D eigenvalue weighted by atomic mass is 16.5. The van der Waals surface area contributed by atoms with Crippen molar-refractivity contribution in [2.24, 2.45) is 0 Å². The number of hydrogen-bond donors (Lipinski definition) is 1. The Morgan fingerprint density at radius 1 is 1.12 bits per heavy atom. The molecule has 2 heterocycles. The molecule has 0 spiro atoms. The second kappa shape index (κ2) is 7.48. The van der Waals surface area contributed by atoms with E-state index < -0.39 is 0 Å². The first-order valence-electron chi connectivity index (χ1n) is 9.25. The maximum atomic E-state index is 8.84.